The summed E-state index contributed by atoms with van der Waals surface area (Å²) in [6, 6.07) is 15.3. The van der Waals surface area contributed by atoms with Crippen molar-refractivity contribution in [2.24, 2.45) is 0 Å². The van der Waals surface area contributed by atoms with E-state index in [4.69, 9.17) is 0 Å². The number of hydrogen-bond donors (Lipinski definition) is 2. The Bertz CT molecular complexity index is 1050. The Morgan fingerprint density at radius 2 is 1.86 bits per heavy atom. The molecule has 2 N–H and O–H groups in total. The van der Waals surface area contributed by atoms with Gasteiger partial charge < -0.3 is 10.6 Å². The predicted molar refractivity (Wildman–Crippen MR) is 146 cm³/mol. The van der Waals surface area contributed by atoms with E-state index in [1.54, 1.807) is 22.3 Å². The van der Waals surface area contributed by atoms with Gasteiger partial charge in [-0.2, -0.15) is 0 Å². The van der Waals surface area contributed by atoms with E-state index < -0.39 is 11.0 Å². The number of fused-ring (bicyclic) bond motifs is 1. The fourth-order valence-electron chi connectivity index (χ4n) is 4.56. The lowest BCUT2D eigenvalue weighted by molar-refractivity contribution is -0.126. The maximum atomic E-state index is 12.5. The predicted octanol–water partition coefficient (Wildman–Crippen LogP) is 3.07. The molecule has 1 fully saturated rings. The third-order valence-electron chi connectivity index (χ3n) is 6.45. The first-order valence-electron chi connectivity index (χ1n) is 11.9. The molecule has 2 atom stereocenters. The highest BCUT2D eigenvalue weighted by atomic mass is 32.2. The third-order valence-corrected chi connectivity index (χ3v) is 8.01. The maximum Gasteiger partial charge on any atom is 0.239 e. The summed E-state index contributed by atoms with van der Waals surface area (Å²) in [5, 5.41) is 9.78. The van der Waals surface area contributed by atoms with Gasteiger partial charge in [-0.25, -0.2) is 8.51 Å². The molecule has 0 aromatic heterocycles. The molecule has 7 nitrogen and oxygen atoms in total. The zero-order valence-electron chi connectivity index (χ0n) is 20.7. The average molecular weight is 517 g/mol. The van der Waals surface area contributed by atoms with E-state index in [9.17, 15) is 13.8 Å². The van der Waals surface area contributed by atoms with Crippen molar-refractivity contribution in [2.45, 2.75) is 31.8 Å². The van der Waals surface area contributed by atoms with E-state index >= 15 is 0 Å². The van der Waals surface area contributed by atoms with Crippen LogP contribution in [0.4, 0.5) is 0 Å². The maximum absolute atomic E-state index is 12.5. The molecule has 2 aromatic carbocycles. The van der Waals surface area contributed by atoms with Gasteiger partial charge in [0.2, 0.25) is 11.8 Å². The van der Waals surface area contributed by atoms with Gasteiger partial charge in [0.15, 0.2) is 0 Å². The smallest absolute Gasteiger partial charge is 0.239 e. The number of nitrogens with zero attached hydrogens (tertiary/aromatic N) is 2. The fraction of sp³-hybridized carbons (Fsp3) is 0.462. The largest absolute Gasteiger partial charge is 0.351 e. The van der Waals surface area contributed by atoms with Crippen LogP contribution in [0.3, 0.4) is 0 Å². The van der Waals surface area contributed by atoms with Crippen LogP contribution in [0.15, 0.2) is 53.9 Å². The van der Waals surface area contributed by atoms with Crippen LogP contribution in [0.1, 0.15) is 31.4 Å². The minimum Gasteiger partial charge on any atom is -0.351 e. The number of carbonyl (C=O) groups excluding carboxylic acids is 2. The molecular weight excluding hydrogens is 480 g/mol. The summed E-state index contributed by atoms with van der Waals surface area (Å²) in [5.74, 6) is -0.537. The Hall–Kier alpha value is -2.20. The van der Waals surface area contributed by atoms with Crippen LogP contribution < -0.4 is 10.6 Å². The second kappa shape index (κ2) is 13.8. The van der Waals surface area contributed by atoms with E-state index in [1.807, 2.05) is 17.7 Å². The van der Waals surface area contributed by atoms with Crippen LogP contribution in [0.2, 0.25) is 0 Å². The summed E-state index contributed by atoms with van der Waals surface area (Å²) < 4.78 is 14.2. The van der Waals surface area contributed by atoms with Gasteiger partial charge in [0.25, 0.3) is 0 Å². The van der Waals surface area contributed by atoms with Crippen LogP contribution in [-0.4, -0.2) is 76.5 Å². The van der Waals surface area contributed by atoms with Gasteiger partial charge in [-0.05, 0) is 47.8 Å². The molecule has 0 radical (unpaired) electrons. The molecule has 190 valence electrons. The van der Waals surface area contributed by atoms with Gasteiger partial charge >= 0.3 is 0 Å². The monoisotopic (exact) mass is 516 g/mol. The van der Waals surface area contributed by atoms with Crippen molar-refractivity contribution in [1.82, 2.24) is 19.8 Å². The molecule has 9 heteroatoms. The number of benzene rings is 2. The summed E-state index contributed by atoms with van der Waals surface area (Å²) in [5.41, 5.74) is 1.32. The van der Waals surface area contributed by atoms with Gasteiger partial charge in [-0.1, -0.05) is 48.5 Å². The van der Waals surface area contributed by atoms with Crippen LogP contribution in [-0.2, 0) is 20.6 Å². The van der Waals surface area contributed by atoms with Gasteiger partial charge in [-0.3, -0.25) is 14.5 Å². The van der Waals surface area contributed by atoms with Crippen molar-refractivity contribution in [3.05, 3.63) is 59.5 Å². The summed E-state index contributed by atoms with van der Waals surface area (Å²) in [4.78, 5) is 26.8. The molecule has 0 saturated carbocycles. The lowest BCUT2D eigenvalue weighted by atomic mass is 9.96. The first-order valence-corrected chi connectivity index (χ1v) is 14.7. The number of piperidine rings is 1. The van der Waals surface area contributed by atoms with Gasteiger partial charge in [0, 0.05) is 38.0 Å². The molecule has 0 aliphatic carbocycles. The zero-order chi connectivity index (χ0) is 25.2. The number of thioether (sulfide) groups is 1. The van der Waals surface area contributed by atoms with Gasteiger partial charge in [0.05, 0.1) is 24.1 Å². The lowest BCUT2D eigenvalue weighted by Gasteiger charge is -2.39. The van der Waals surface area contributed by atoms with E-state index in [0.29, 0.717) is 6.54 Å². The number of nitrogens with one attached hydrogen (secondary N) is 2. The molecule has 0 bridgehead atoms. The minimum atomic E-state index is -1.28. The van der Waals surface area contributed by atoms with Crippen LogP contribution in [0, 0.1) is 0 Å². The van der Waals surface area contributed by atoms with Gasteiger partial charge in [-0.15, -0.1) is 11.8 Å². The Morgan fingerprint density at radius 3 is 2.57 bits per heavy atom. The molecule has 2 aromatic rings. The average Bonchev–Trinajstić information content (AvgIpc) is 2.87. The quantitative estimate of drug-likeness (QED) is 0.480. The van der Waals surface area contributed by atoms with Crippen LogP contribution >= 0.6 is 11.8 Å². The summed E-state index contributed by atoms with van der Waals surface area (Å²) in [6.07, 6.45) is 7.08. The van der Waals surface area contributed by atoms with Gasteiger partial charge in [0.1, 0.15) is 0 Å². The normalized spacial score (nSPS) is 17.0. The molecule has 3 rings (SSSR count). The SMILES string of the molecule is CS/C=C/CNC(=O)CNC(=O)CN(C1CCN(C(C)c2cccc3ccccc23)CC1)S(C)=O. The number of likely N-dealkylation sites (tertiary alicyclic amines) is 1. The van der Waals surface area contributed by atoms with Crippen molar-refractivity contribution in [3.8, 4) is 0 Å². The van der Waals surface area contributed by atoms with E-state index in [0.717, 1.165) is 25.9 Å². The third kappa shape index (κ3) is 7.90. The van der Waals surface area contributed by atoms with Crippen molar-refractivity contribution in [1.29, 1.82) is 0 Å². The highest BCUT2D eigenvalue weighted by Gasteiger charge is 2.30. The fourth-order valence-corrected chi connectivity index (χ4v) is 5.78. The number of carbonyl (C=O) groups is 2. The van der Waals surface area contributed by atoms with E-state index in [1.165, 1.54) is 16.3 Å². The van der Waals surface area contributed by atoms with Crippen molar-refractivity contribution in [2.75, 3.05) is 45.2 Å². The number of rotatable bonds is 11. The number of hydrogen-bond acceptors (Lipinski definition) is 5. The van der Waals surface area contributed by atoms with E-state index in [2.05, 4.69) is 64.9 Å². The first-order chi connectivity index (χ1) is 16.9. The number of amides is 2. The Morgan fingerprint density at radius 1 is 1.14 bits per heavy atom. The Balaban J connectivity index is 1.51. The summed E-state index contributed by atoms with van der Waals surface area (Å²) >= 11 is 1.56. The van der Waals surface area contributed by atoms with Crippen molar-refractivity contribution < 1.29 is 13.8 Å². The highest BCUT2D eigenvalue weighted by Crippen LogP contribution is 2.31. The molecule has 2 unspecified atom stereocenters. The first kappa shape index (κ1) is 27.4. The molecule has 0 spiro atoms. The minimum absolute atomic E-state index is 0.0202. The Kier molecular flexibility index (Phi) is 10.8. The molecular formula is C26H36N4O3S2. The molecule has 2 amide bonds. The molecule has 1 aliphatic heterocycles. The molecule has 1 heterocycles. The van der Waals surface area contributed by atoms with E-state index in [-0.39, 0.29) is 37.0 Å². The Labute approximate surface area is 215 Å². The summed E-state index contributed by atoms with van der Waals surface area (Å²) in [6.45, 7) is 4.35. The molecule has 1 aliphatic rings. The van der Waals surface area contributed by atoms with Crippen molar-refractivity contribution >= 4 is 45.3 Å². The zero-order valence-corrected chi connectivity index (χ0v) is 22.4. The second-order valence-electron chi connectivity index (χ2n) is 8.70. The summed E-state index contributed by atoms with van der Waals surface area (Å²) in [7, 11) is -1.28. The second-order valence-corrected chi connectivity index (χ2v) is 10.8. The topological polar surface area (TPSA) is 81.8 Å². The van der Waals surface area contributed by atoms with Crippen LogP contribution in [0.5, 0.6) is 0 Å². The highest BCUT2D eigenvalue weighted by molar-refractivity contribution is 8.01. The van der Waals surface area contributed by atoms with Crippen molar-refractivity contribution in [3.63, 3.8) is 0 Å². The molecule has 35 heavy (non-hydrogen) atoms. The standard InChI is InChI=1S/C26H36N4O3S2/c1-20(23-11-6-9-21-8-4-5-10-24(21)23)29-15-12-22(13-16-29)30(35(3)33)19-26(32)28-18-25(31)27-14-7-17-34-2/h4-11,17,20,22H,12-16,18-19H2,1-3H3,(H,27,31)(H,28,32)/b17-7+. The lowest BCUT2D eigenvalue weighted by Crippen LogP contribution is -2.49. The molecule has 1 saturated heterocycles. The van der Waals surface area contributed by atoms with Crippen LogP contribution in [0.25, 0.3) is 10.8 Å².